The minimum atomic E-state index is -4.66. The summed E-state index contributed by atoms with van der Waals surface area (Å²) in [6.45, 7) is 0. The highest BCUT2D eigenvalue weighted by atomic mass is 35.5. The Labute approximate surface area is 126 Å². The number of benzene rings is 1. The molecule has 1 fully saturated rings. The molecule has 2 nitrogen and oxygen atoms in total. The van der Waals surface area contributed by atoms with Crippen molar-refractivity contribution in [2.24, 2.45) is 11.7 Å². The van der Waals surface area contributed by atoms with Crippen molar-refractivity contribution in [1.29, 1.82) is 0 Å². The summed E-state index contributed by atoms with van der Waals surface area (Å²) >= 11 is 0. The van der Waals surface area contributed by atoms with E-state index in [9.17, 15) is 22.7 Å². The molecule has 7 heteroatoms. The lowest BCUT2D eigenvalue weighted by Gasteiger charge is -2.30. The first-order valence-electron chi connectivity index (χ1n) is 6.66. The molecular weight excluding hydrogens is 310 g/mol. The Balaban J connectivity index is 0.00000220. The summed E-state index contributed by atoms with van der Waals surface area (Å²) in [7, 11) is 0. The van der Waals surface area contributed by atoms with Gasteiger partial charge in [0.1, 0.15) is 0 Å². The van der Waals surface area contributed by atoms with E-state index < -0.39 is 34.9 Å². The lowest BCUT2D eigenvalue weighted by Crippen LogP contribution is -2.26. The average Bonchev–Trinajstić information content (AvgIpc) is 2.40. The second kappa shape index (κ2) is 6.83. The molecule has 0 aliphatic heterocycles. The van der Waals surface area contributed by atoms with Crippen LogP contribution in [0, 0.1) is 11.7 Å². The van der Waals surface area contributed by atoms with Gasteiger partial charge in [0.15, 0.2) is 11.6 Å². The smallest absolute Gasteiger partial charge is 0.416 e. The first-order chi connectivity index (χ1) is 9.32. The Morgan fingerprint density at radius 1 is 1.14 bits per heavy atom. The molecule has 1 aliphatic carbocycles. The summed E-state index contributed by atoms with van der Waals surface area (Å²) in [5.41, 5.74) is 4.35. The minimum absolute atomic E-state index is 0. The van der Waals surface area contributed by atoms with Gasteiger partial charge < -0.3 is 10.8 Å². The Kier molecular flexibility index (Phi) is 5.87. The van der Waals surface area contributed by atoms with Crippen LogP contribution in [0.15, 0.2) is 12.1 Å². The van der Waals surface area contributed by atoms with Crippen molar-refractivity contribution >= 4 is 12.4 Å². The third-order valence-electron chi connectivity index (χ3n) is 3.96. The van der Waals surface area contributed by atoms with E-state index in [1.807, 2.05) is 0 Å². The molecule has 0 radical (unpaired) electrons. The zero-order valence-corrected chi connectivity index (χ0v) is 12.1. The van der Waals surface area contributed by atoms with Crippen LogP contribution in [0.25, 0.3) is 0 Å². The van der Waals surface area contributed by atoms with Crippen LogP contribution < -0.4 is 5.73 Å². The van der Waals surface area contributed by atoms with E-state index in [2.05, 4.69) is 0 Å². The zero-order valence-electron chi connectivity index (χ0n) is 11.3. The molecule has 1 atom stereocenters. The summed E-state index contributed by atoms with van der Waals surface area (Å²) in [4.78, 5) is 0. The highest BCUT2D eigenvalue weighted by Gasteiger charge is 2.38. The molecule has 1 aliphatic rings. The van der Waals surface area contributed by atoms with Crippen LogP contribution in [0.4, 0.5) is 17.6 Å². The van der Waals surface area contributed by atoms with Gasteiger partial charge in [-0.05, 0) is 30.9 Å². The minimum Gasteiger partial charge on any atom is -0.505 e. The van der Waals surface area contributed by atoms with E-state index in [1.165, 1.54) is 0 Å². The summed E-state index contributed by atoms with van der Waals surface area (Å²) < 4.78 is 52.4. The van der Waals surface area contributed by atoms with Crippen molar-refractivity contribution in [3.8, 4) is 5.75 Å². The van der Waals surface area contributed by atoms with Crippen molar-refractivity contribution in [1.82, 2.24) is 0 Å². The van der Waals surface area contributed by atoms with Crippen molar-refractivity contribution in [3.63, 3.8) is 0 Å². The van der Waals surface area contributed by atoms with Gasteiger partial charge in [-0.2, -0.15) is 13.2 Å². The molecule has 0 aromatic heterocycles. The van der Waals surface area contributed by atoms with Crippen LogP contribution in [0.3, 0.4) is 0 Å². The zero-order chi connectivity index (χ0) is 14.9. The van der Waals surface area contributed by atoms with Gasteiger partial charge in [-0.1, -0.05) is 19.3 Å². The van der Waals surface area contributed by atoms with E-state index in [0.717, 1.165) is 19.3 Å². The van der Waals surface area contributed by atoms with E-state index in [-0.39, 0.29) is 18.3 Å². The monoisotopic (exact) mass is 327 g/mol. The van der Waals surface area contributed by atoms with Crippen LogP contribution in [-0.2, 0) is 6.18 Å². The third-order valence-corrected chi connectivity index (χ3v) is 3.96. The largest absolute Gasteiger partial charge is 0.505 e. The quantitative estimate of drug-likeness (QED) is 0.783. The highest BCUT2D eigenvalue weighted by Crippen LogP contribution is 2.43. The summed E-state index contributed by atoms with van der Waals surface area (Å²) in [5.74, 6) is -2.20. The molecule has 0 bridgehead atoms. The number of hydrogen-bond donors (Lipinski definition) is 2. The summed E-state index contributed by atoms with van der Waals surface area (Å²) in [6, 6.07) is 0.269. The van der Waals surface area contributed by atoms with Gasteiger partial charge in [0.05, 0.1) is 5.56 Å². The fraction of sp³-hybridized carbons (Fsp3) is 0.571. The second-order valence-corrected chi connectivity index (χ2v) is 5.28. The number of rotatable bonds is 2. The standard InChI is InChI=1S/C14H17F4NO.ClH/c15-10-7-6-9(14(16,17)18)11(13(10)20)12(19)8-4-2-1-3-5-8;/h6-8,12,20H,1-5,19H2;1H/t12-;/m0./s1. The maximum atomic E-state index is 13.4. The summed E-state index contributed by atoms with van der Waals surface area (Å²) in [5, 5.41) is 9.69. The molecule has 2 rings (SSSR count). The van der Waals surface area contributed by atoms with E-state index in [4.69, 9.17) is 5.73 Å². The Morgan fingerprint density at radius 2 is 1.71 bits per heavy atom. The maximum Gasteiger partial charge on any atom is 0.416 e. The maximum absolute atomic E-state index is 13.4. The van der Waals surface area contributed by atoms with Crippen LogP contribution >= 0.6 is 12.4 Å². The number of aromatic hydroxyl groups is 1. The molecule has 21 heavy (non-hydrogen) atoms. The number of phenolic OH excluding ortho intramolecular Hbond substituents is 1. The number of hydrogen-bond acceptors (Lipinski definition) is 2. The molecule has 1 aromatic carbocycles. The SMILES string of the molecule is Cl.N[C@H](c1c(C(F)(F)F)ccc(F)c1O)C1CCCCC1. The molecule has 1 saturated carbocycles. The Bertz CT molecular complexity index is 487. The van der Waals surface area contributed by atoms with Crippen molar-refractivity contribution in [3.05, 3.63) is 29.1 Å². The van der Waals surface area contributed by atoms with Crippen molar-refractivity contribution in [2.75, 3.05) is 0 Å². The Morgan fingerprint density at radius 3 is 2.24 bits per heavy atom. The first kappa shape index (κ1) is 18.0. The van der Waals surface area contributed by atoms with Gasteiger partial charge in [-0.3, -0.25) is 0 Å². The molecule has 0 amide bonds. The topological polar surface area (TPSA) is 46.2 Å². The molecule has 0 spiro atoms. The predicted molar refractivity (Wildman–Crippen MR) is 73.8 cm³/mol. The van der Waals surface area contributed by atoms with Gasteiger partial charge >= 0.3 is 6.18 Å². The lowest BCUT2D eigenvalue weighted by molar-refractivity contribution is -0.138. The fourth-order valence-corrected chi connectivity index (χ4v) is 2.90. The summed E-state index contributed by atoms with van der Waals surface area (Å²) in [6.07, 6.45) is -0.425. The first-order valence-corrected chi connectivity index (χ1v) is 6.66. The Hall–Kier alpha value is -1.01. The third kappa shape index (κ3) is 3.80. The molecule has 0 heterocycles. The molecule has 1 aromatic rings. The molecule has 0 saturated heterocycles. The van der Waals surface area contributed by atoms with Gasteiger partial charge in [-0.15, -0.1) is 12.4 Å². The van der Waals surface area contributed by atoms with E-state index in [0.29, 0.717) is 25.0 Å². The fourth-order valence-electron chi connectivity index (χ4n) is 2.90. The van der Waals surface area contributed by atoms with Crippen molar-refractivity contribution < 1.29 is 22.7 Å². The second-order valence-electron chi connectivity index (χ2n) is 5.28. The van der Waals surface area contributed by atoms with Crippen LogP contribution in [-0.4, -0.2) is 5.11 Å². The van der Waals surface area contributed by atoms with E-state index in [1.54, 1.807) is 0 Å². The number of alkyl halides is 3. The lowest BCUT2D eigenvalue weighted by atomic mass is 9.80. The number of nitrogens with two attached hydrogens (primary N) is 1. The van der Waals surface area contributed by atoms with Crippen LogP contribution in [0.5, 0.6) is 5.75 Å². The van der Waals surface area contributed by atoms with E-state index >= 15 is 0 Å². The number of halogens is 5. The predicted octanol–water partition coefficient (Wildman–Crippen LogP) is 4.55. The van der Waals surface area contributed by atoms with Crippen LogP contribution in [0.1, 0.15) is 49.3 Å². The van der Waals surface area contributed by atoms with Gasteiger partial charge in [0.2, 0.25) is 0 Å². The molecule has 120 valence electrons. The molecular formula is C14H18ClF4NO. The molecule has 0 unspecified atom stereocenters. The van der Waals surface area contributed by atoms with Crippen molar-refractivity contribution in [2.45, 2.75) is 44.3 Å². The normalized spacial score (nSPS) is 18.1. The number of phenols is 1. The van der Waals surface area contributed by atoms with Gasteiger partial charge in [0.25, 0.3) is 0 Å². The van der Waals surface area contributed by atoms with Gasteiger partial charge in [0, 0.05) is 11.6 Å². The molecule has 3 N–H and O–H groups in total. The van der Waals surface area contributed by atoms with Gasteiger partial charge in [-0.25, -0.2) is 4.39 Å². The van der Waals surface area contributed by atoms with Crippen LogP contribution in [0.2, 0.25) is 0 Å². The highest BCUT2D eigenvalue weighted by molar-refractivity contribution is 5.85. The average molecular weight is 328 g/mol.